The number of nitrogens with zero attached hydrogens (tertiary/aromatic N) is 3. The lowest BCUT2D eigenvalue weighted by atomic mass is 9.71. The van der Waals surface area contributed by atoms with E-state index in [-0.39, 0.29) is 46.3 Å². The van der Waals surface area contributed by atoms with Gasteiger partial charge in [0, 0.05) is 32.8 Å². The Balaban J connectivity index is 1.19. The van der Waals surface area contributed by atoms with Crippen LogP contribution in [0.15, 0.2) is 24.5 Å². The van der Waals surface area contributed by atoms with E-state index >= 15 is 0 Å². The van der Waals surface area contributed by atoms with Gasteiger partial charge in [-0.3, -0.25) is 14.4 Å². The van der Waals surface area contributed by atoms with E-state index in [1.165, 1.54) is 18.5 Å². The van der Waals surface area contributed by atoms with Crippen LogP contribution in [0.4, 0.5) is 10.1 Å². The minimum absolute atomic E-state index is 0.00106. The number of carbonyl (C=O) groups is 3. The number of hydrogen-bond donors (Lipinski definition) is 2. The highest BCUT2D eigenvalue weighted by Crippen LogP contribution is 2.47. The fourth-order valence-corrected chi connectivity index (χ4v) is 5.59. The normalized spacial score (nSPS) is 24.7. The fourth-order valence-electron chi connectivity index (χ4n) is 5.32. The Morgan fingerprint density at radius 1 is 1.26 bits per heavy atom. The van der Waals surface area contributed by atoms with Gasteiger partial charge in [-0.15, -0.1) is 0 Å². The van der Waals surface area contributed by atoms with E-state index in [4.69, 9.17) is 16.3 Å². The quantitative estimate of drug-likeness (QED) is 0.652. The minimum Gasteiger partial charge on any atom is -0.378 e. The van der Waals surface area contributed by atoms with Crippen LogP contribution >= 0.6 is 11.6 Å². The first-order valence-electron chi connectivity index (χ1n) is 11.7. The Morgan fingerprint density at radius 3 is 2.69 bits per heavy atom. The Labute approximate surface area is 207 Å². The van der Waals surface area contributed by atoms with Gasteiger partial charge >= 0.3 is 0 Å². The molecule has 11 heteroatoms. The highest BCUT2D eigenvalue weighted by atomic mass is 35.5. The van der Waals surface area contributed by atoms with Crippen molar-refractivity contribution in [1.82, 2.24) is 20.2 Å². The molecule has 1 aromatic heterocycles. The molecule has 2 saturated heterocycles. The van der Waals surface area contributed by atoms with Crippen molar-refractivity contribution in [2.45, 2.75) is 44.2 Å². The smallest absolute Gasteiger partial charge is 0.275 e. The summed E-state index contributed by atoms with van der Waals surface area (Å²) in [6.45, 7) is 1.48. The summed E-state index contributed by atoms with van der Waals surface area (Å²) in [5.41, 5.74) is 0.275. The molecule has 186 valence electrons. The molecular weight excluding hydrogens is 477 g/mol. The zero-order valence-corrected chi connectivity index (χ0v) is 20.1. The van der Waals surface area contributed by atoms with Gasteiger partial charge in [0.1, 0.15) is 11.5 Å². The van der Waals surface area contributed by atoms with E-state index < -0.39 is 11.2 Å². The van der Waals surface area contributed by atoms with Gasteiger partial charge in [-0.25, -0.2) is 9.37 Å². The number of amides is 3. The molecule has 1 aromatic carbocycles. The van der Waals surface area contributed by atoms with Crippen LogP contribution in [0.25, 0.3) is 0 Å². The molecule has 0 atom stereocenters. The monoisotopic (exact) mass is 503 g/mol. The van der Waals surface area contributed by atoms with Crippen LogP contribution in [0.5, 0.6) is 0 Å². The second-order valence-electron chi connectivity index (χ2n) is 9.52. The summed E-state index contributed by atoms with van der Waals surface area (Å²) >= 11 is 6.19. The van der Waals surface area contributed by atoms with Crippen LogP contribution in [0.3, 0.4) is 0 Å². The van der Waals surface area contributed by atoms with Crippen molar-refractivity contribution in [1.29, 1.82) is 0 Å². The van der Waals surface area contributed by atoms with E-state index in [0.717, 1.165) is 0 Å². The molecule has 1 spiro atoms. The molecule has 35 heavy (non-hydrogen) atoms. The van der Waals surface area contributed by atoms with Crippen molar-refractivity contribution in [3.05, 3.63) is 46.8 Å². The van der Waals surface area contributed by atoms with Crippen LogP contribution in [0, 0.1) is 11.2 Å². The summed E-state index contributed by atoms with van der Waals surface area (Å²) in [7, 11) is 1.60. The average molecular weight is 504 g/mol. The number of imidazole rings is 1. The van der Waals surface area contributed by atoms with Crippen LogP contribution < -0.4 is 10.2 Å². The summed E-state index contributed by atoms with van der Waals surface area (Å²) in [4.78, 5) is 49.0. The SMILES string of the molecule is COC1CN(C(=O)c2nc[nH]c2C(=O)N[C@H]2CC[C@@]3(CCN(c4ccc(F)cc4Cl)C3=O)CC2)C1. The highest BCUT2D eigenvalue weighted by molar-refractivity contribution is 6.34. The molecule has 1 aliphatic carbocycles. The number of carbonyl (C=O) groups excluding carboxylic acids is 3. The number of hydrogen-bond acceptors (Lipinski definition) is 5. The summed E-state index contributed by atoms with van der Waals surface area (Å²) in [6, 6.07) is 3.95. The van der Waals surface area contributed by atoms with Crippen molar-refractivity contribution in [3.8, 4) is 0 Å². The van der Waals surface area contributed by atoms with Crippen molar-refractivity contribution in [3.63, 3.8) is 0 Å². The number of rotatable bonds is 5. The number of H-pyrrole nitrogens is 1. The van der Waals surface area contributed by atoms with Crippen LogP contribution in [-0.2, 0) is 9.53 Å². The van der Waals surface area contributed by atoms with Crippen LogP contribution in [-0.4, -0.2) is 71.5 Å². The number of aromatic amines is 1. The maximum absolute atomic E-state index is 13.4. The summed E-state index contributed by atoms with van der Waals surface area (Å²) in [5.74, 6) is -1.12. The van der Waals surface area contributed by atoms with Crippen molar-refractivity contribution in [2.24, 2.45) is 5.41 Å². The third-order valence-electron chi connectivity index (χ3n) is 7.53. The molecule has 0 radical (unpaired) electrons. The van der Waals surface area contributed by atoms with Crippen LogP contribution in [0.1, 0.15) is 53.1 Å². The molecule has 0 bridgehead atoms. The van der Waals surface area contributed by atoms with E-state index in [1.807, 2.05) is 0 Å². The minimum atomic E-state index is -0.497. The molecule has 3 amide bonds. The second kappa shape index (κ2) is 9.23. The number of likely N-dealkylation sites (tertiary alicyclic amines) is 1. The van der Waals surface area contributed by atoms with Gasteiger partial charge < -0.3 is 24.8 Å². The van der Waals surface area contributed by atoms with Gasteiger partial charge in [0.25, 0.3) is 11.8 Å². The zero-order chi connectivity index (χ0) is 24.7. The van der Waals surface area contributed by atoms with E-state index in [9.17, 15) is 18.8 Å². The van der Waals surface area contributed by atoms with Gasteiger partial charge in [-0.2, -0.15) is 0 Å². The van der Waals surface area contributed by atoms with Gasteiger partial charge in [0.2, 0.25) is 5.91 Å². The first-order valence-corrected chi connectivity index (χ1v) is 12.1. The molecule has 2 aliphatic heterocycles. The Kier molecular flexibility index (Phi) is 6.27. The summed E-state index contributed by atoms with van der Waals surface area (Å²) in [5, 5.41) is 3.22. The first-order chi connectivity index (χ1) is 16.8. The summed E-state index contributed by atoms with van der Waals surface area (Å²) < 4.78 is 18.6. The van der Waals surface area contributed by atoms with Crippen LogP contribution in [0.2, 0.25) is 5.02 Å². The number of ether oxygens (including phenoxy) is 1. The molecule has 9 nitrogen and oxygen atoms in total. The third-order valence-corrected chi connectivity index (χ3v) is 7.83. The lowest BCUT2D eigenvalue weighted by Crippen LogP contribution is -2.54. The number of methoxy groups -OCH3 is 1. The Hall–Kier alpha value is -2.98. The molecule has 2 aromatic rings. The molecule has 3 fully saturated rings. The predicted molar refractivity (Wildman–Crippen MR) is 126 cm³/mol. The largest absolute Gasteiger partial charge is 0.378 e. The fraction of sp³-hybridized carbons (Fsp3) is 0.500. The highest BCUT2D eigenvalue weighted by Gasteiger charge is 2.49. The predicted octanol–water partition coefficient (Wildman–Crippen LogP) is 2.77. The zero-order valence-electron chi connectivity index (χ0n) is 19.4. The first kappa shape index (κ1) is 23.7. The number of anilines is 1. The average Bonchev–Trinajstić information content (AvgIpc) is 3.41. The van der Waals surface area contributed by atoms with Gasteiger partial charge in [-0.05, 0) is 50.3 Å². The number of halogens is 2. The maximum atomic E-state index is 13.4. The standard InChI is InChI=1S/C24H27ClFN5O4/c1-35-16-11-30(12-16)22(33)20-19(27-13-28-20)21(32)29-15-4-6-24(7-5-15)8-9-31(23(24)34)18-3-2-14(26)10-17(18)25/h2-3,10,13,15-16H,4-9,11-12H2,1H3,(H,27,28)(H,29,32)/t15-,24-. The van der Waals surface area contributed by atoms with E-state index in [1.54, 1.807) is 23.0 Å². The van der Waals surface area contributed by atoms with Gasteiger partial charge in [-0.1, -0.05) is 11.6 Å². The molecule has 1 saturated carbocycles. The molecular formula is C24H27ClFN5O4. The number of benzene rings is 1. The van der Waals surface area contributed by atoms with Crippen molar-refractivity contribution < 1.29 is 23.5 Å². The van der Waals surface area contributed by atoms with E-state index in [0.29, 0.717) is 57.4 Å². The third kappa shape index (κ3) is 4.29. The van der Waals surface area contributed by atoms with Crippen molar-refractivity contribution >= 4 is 35.0 Å². The number of nitrogens with one attached hydrogen (secondary N) is 2. The lowest BCUT2D eigenvalue weighted by molar-refractivity contribution is -0.127. The topological polar surface area (TPSA) is 108 Å². The number of aromatic nitrogens is 2. The summed E-state index contributed by atoms with van der Waals surface area (Å²) in [6.07, 6.45) is 4.59. The molecule has 3 heterocycles. The second-order valence-corrected chi connectivity index (χ2v) is 9.93. The van der Waals surface area contributed by atoms with Gasteiger partial charge in [0.05, 0.1) is 28.6 Å². The molecule has 0 unspecified atom stereocenters. The molecule has 3 aliphatic rings. The Bertz CT molecular complexity index is 1160. The van der Waals surface area contributed by atoms with E-state index in [2.05, 4.69) is 15.3 Å². The molecule has 5 rings (SSSR count). The Morgan fingerprint density at radius 2 is 2.00 bits per heavy atom. The molecule has 2 N–H and O–H groups in total. The van der Waals surface area contributed by atoms with Crippen molar-refractivity contribution in [2.75, 3.05) is 31.6 Å². The van der Waals surface area contributed by atoms with Gasteiger partial charge in [0.15, 0.2) is 5.69 Å². The lowest BCUT2D eigenvalue weighted by Gasteiger charge is -2.37. The maximum Gasteiger partial charge on any atom is 0.275 e.